The molecule has 0 radical (unpaired) electrons. The Labute approximate surface area is 103 Å². The van der Waals surface area contributed by atoms with Gasteiger partial charge in [0.15, 0.2) is 4.34 Å². The zero-order valence-electron chi connectivity index (χ0n) is 9.23. The Kier molecular flexibility index (Phi) is 4.17. The number of hydrogen-bond donors (Lipinski definition) is 1. The number of rotatable bonds is 5. The van der Waals surface area contributed by atoms with Crippen molar-refractivity contribution in [3.63, 3.8) is 0 Å². The minimum absolute atomic E-state index is 0.106. The minimum Gasteiger partial charge on any atom is -0.300 e. The van der Waals surface area contributed by atoms with Crippen LogP contribution in [0.15, 0.2) is 4.34 Å². The number of nitrogens with zero attached hydrogens (tertiary/aromatic N) is 2. The number of amides is 1. The van der Waals surface area contributed by atoms with E-state index in [1.54, 1.807) is 11.8 Å². The van der Waals surface area contributed by atoms with Crippen LogP contribution in [0.2, 0.25) is 0 Å². The number of anilines is 1. The Hall–Kier alpha value is -0.620. The van der Waals surface area contributed by atoms with E-state index >= 15 is 0 Å². The summed E-state index contributed by atoms with van der Waals surface area (Å²) in [5.41, 5.74) is 0. The number of aromatic nitrogens is 2. The molecule has 1 heterocycles. The molecule has 1 amide bonds. The molecule has 1 saturated carbocycles. The summed E-state index contributed by atoms with van der Waals surface area (Å²) in [6, 6.07) is 0. The van der Waals surface area contributed by atoms with Gasteiger partial charge in [0.05, 0.1) is 0 Å². The van der Waals surface area contributed by atoms with Crippen LogP contribution in [0.4, 0.5) is 5.13 Å². The molecule has 1 fully saturated rings. The van der Waals surface area contributed by atoms with Gasteiger partial charge in [-0.05, 0) is 19.3 Å². The van der Waals surface area contributed by atoms with Crippen molar-refractivity contribution >= 4 is 34.1 Å². The van der Waals surface area contributed by atoms with Crippen molar-refractivity contribution in [1.29, 1.82) is 0 Å². The van der Waals surface area contributed by atoms with Crippen LogP contribution < -0.4 is 5.32 Å². The van der Waals surface area contributed by atoms with Gasteiger partial charge in [0.2, 0.25) is 11.0 Å². The van der Waals surface area contributed by atoms with Crippen molar-refractivity contribution in [2.45, 2.75) is 36.9 Å². The summed E-state index contributed by atoms with van der Waals surface area (Å²) >= 11 is 3.15. The van der Waals surface area contributed by atoms with E-state index in [1.165, 1.54) is 17.8 Å². The molecule has 0 aliphatic heterocycles. The molecule has 16 heavy (non-hydrogen) atoms. The highest BCUT2D eigenvalue weighted by molar-refractivity contribution is 8.01. The van der Waals surface area contributed by atoms with Crippen LogP contribution in [0.3, 0.4) is 0 Å². The molecule has 0 spiro atoms. The van der Waals surface area contributed by atoms with Gasteiger partial charge in [-0.2, -0.15) is 0 Å². The summed E-state index contributed by atoms with van der Waals surface area (Å²) in [6.45, 7) is 2.13. The lowest BCUT2D eigenvalue weighted by atomic mass is 9.85. The molecule has 0 saturated heterocycles. The molecule has 1 aromatic rings. The van der Waals surface area contributed by atoms with Crippen molar-refractivity contribution in [2.24, 2.45) is 5.92 Å². The molecule has 88 valence electrons. The lowest BCUT2D eigenvalue weighted by Crippen LogP contribution is -2.27. The van der Waals surface area contributed by atoms with Gasteiger partial charge in [-0.3, -0.25) is 4.79 Å². The number of nitrogens with one attached hydrogen (secondary N) is 1. The van der Waals surface area contributed by atoms with Gasteiger partial charge in [-0.25, -0.2) is 0 Å². The molecular weight excluding hydrogens is 242 g/mol. The fourth-order valence-electron chi connectivity index (χ4n) is 1.39. The summed E-state index contributed by atoms with van der Waals surface area (Å²) in [5.74, 6) is 1.36. The van der Waals surface area contributed by atoms with E-state index in [9.17, 15) is 4.79 Å². The van der Waals surface area contributed by atoms with Gasteiger partial charge in [-0.15, -0.1) is 10.2 Å². The summed E-state index contributed by atoms with van der Waals surface area (Å²) in [5, 5.41) is 11.5. The molecule has 1 aliphatic carbocycles. The van der Waals surface area contributed by atoms with Crippen LogP contribution in [0.25, 0.3) is 0 Å². The van der Waals surface area contributed by atoms with Crippen molar-refractivity contribution in [3.8, 4) is 0 Å². The maximum Gasteiger partial charge on any atom is 0.229 e. The number of carbonyl (C=O) groups is 1. The van der Waals surface area contributed by atoms with E-state index < -0.39 is 0 Å². The fourth-order valence-corrected chi connectivity index (χ4v) is 3.07. The average Bonchev–Trinajstić information content (AvgIpc) is 2.59. The number of thioether (sulfide) groups is 1. The molecule has 0 atom stereocenters. The van der Waals surface area contributed by atoms with Crippen LogP contribution in [0.5, 0.6) is 0 Å². The van der Waals surface area contributed by atoms with Crippen molar-refractivity contribution in [3.05, 3.63) is 0 Å². The Morgan fingerprint density at radius 2 is 2.38 bits per heavy atom. The highest BCUT2D eigenvalue weighted by Crippen LogP contribution is 2.29. The normalized spacial score (nSPS) is 15.8. The molecule has 1 N–H and O–H groups in total. The zero-order valence-corrected chi connectivity index (χ0v) is 10.9. The topological polar surface area (TPSA) is 54.9 Å². The second-order valence-electron chi connectivity index (χ2n) is 3.84. The standard InChI is InChI=1S/C10H15N3OS2/c1-2-6-15-10-13-12-9(16-10)11-8(14)7-4-3-5-7/h7H,2-6H2,1H3,(H,11,12,14). The van der Waals surface area contributed by atoms with Gasteiger partial charge >= 0.3 is 0 Å². The molecule has 2 rings (SSSR count). The second kappa shape index (κ2) is 5.63. The maximum absolute atomic E-state index is 11.6. The zero-order chi connectivity index (χ0) is 11.4. The first kappa shape index (κ1) is 11.9. The summed E-state index contributed by atoms with van der Waals surface area (Å²) in [7, 11) is 0. The summed E-state index contributed by atoms with van der Waals surface area (Å²) in [6.07, 6.45) is 4.32. The summed E-state index contributed by atoms with van der Waals surface area (Å²) in [4.78, 5) is 11.6. The largest absolute Gasteiger partial charge is 0.300 e. The van der Waals surface area contributed by atoms with Gasteiger partial charge in [0.1, 0.15) is 0 Å². The predicted molar refractivity (Wildman–Crippen MR) is 66.9 cm³/mol. The van der Waals surface area contributed by atoms with Crippen LogP contribution in [-0.2, 0) is 4.79 Å². The Bertz CT molecular complexity index is 363. The van der Waals surface area contributed by atoms with Gasteiger partial charge in [0.25, 0.3) is 0 Å². The Morgan fingerprint density at radius 1 is 1.56 bits per heavy atom. The minimum atomic E-state index is 0.106. The van der Waals surface area contributed by atoms with E-state index in [0.29, 0.717) is 5.13 Å². The fraction of sp³-hybridized carbons (Fsp3) is 0.700. The van der Waals surface area contributed by atoms with Gasteiger partial charge in [0, 0.05) is 11.7 Å². The average molecular weight is 257 g/mol. The summed E-state index contributed by atoms with van der Waals surface area (Å²) < 4.78 is 0.936. The molecule has 0 bridgehead atoms. The number of hydrogen-bond acceptors (Lipinski definition) is 5. The number of carbonyl (C=O) groups excluding carboxylic acids is 1. The van der Waals surface area contributed by atoms with E-state index in [-0.39, 0.29) is 11.8 Å². The van der Waals surface area contributed by atoms with Crippen LogP contribution >= 0.6 is 23.1 Å². The highest BCUT2D eigenvalue weighted by atomic mass is 32.2. The quantitative estimate of drug-likeness (QED) is 0.651. The van der Waals surface area contributed by atoms with Crippen molar-refractivity contribution in [2.75, 3.05) is 11.1 Å². The monoisotopic (exact) mass is 257 g/mol. The first-order valence-electron chi connectivity index (χ1n) is 5.56. The first-order chi connectivity index (χ1) is 7.79. The van der Waals surface area contributed by atoms with E-state index in [1.807, 2.05) is 0 Å². The molecular formula is C10H15N3OS2. The second-order valence-corrected chi connectivity index (χ2v) is 6.16. The highest BCUT2D eigenvalue weighted by Gasteiger charge is 2.25. The Balaban J connectivity index is 1.84. The lowest BCUT2D eigenvalue weighted by Gasteiger charge is -2.23. The Morgan fingerprint density at radius 3 is 3.00 bits per heavy atom. The molecule has 1 aliphatic rings. The van der Waals surface area contributed by atoms with Crippen molar-refractivity contribution < 1.29 is 4.79 Å². The van der Waals surface area contributed by atoms with Crippen LogP contribution in [0, 0.1) is 5.92 Å². The van der Waals surface area contributed by atoms with E-state index in [4.69, 9.17) is 0 Å². The lowest BCUT2D eigenvalue weighted by molar-refractivity contribution is -0.122. The van der Waals surface area contributed by atoms with Gasteiger partial charge < -0.3 is 5.32 Å². The van der Waals surface area contributed by atoms with Crippen LogP contribution in [0.1, 0.15) is 32.6 Å². The van der Waals surface area contributed by atoms with Crippen molar-refractivity contribution in [1.82, 2.24) is 10.2 Å². The molecule has 6 heteroatoms. The SMILES string of the molecule is CCCSc1nnc(NC(=O)C2CCC2)s1. The predicted octanol–water partition coefficient (Wildman–Crippen LogP) is 2.78. The molecule has 0 unspecified atom stereocenters. The smallest absolute Gasteiger partial charge is 0.229 e. The molecule has 1 aromatic heterocycles. The van der Waals surface area contributed by atoms with Crippen LogP contribution in [-0.4, -0.2) is 21.9 Å². The third-order valence-electron chi connectivity index (χ3n) is 2.54. The van der Waals surface area contributed by atoms with Gasteiger partial charge in [-0.1, -0.05) is 36.4 Å². The molecule has 4 nitrogen and oxygen atoms in total. The third-order valence-corrected chi connectivity index (χ3v) is 4.72. The first-order valence-corrected chi connectivity index (χ1v) is 7.37. The molecule has 0 aromatic carbocycles. The third kappa shape index (κ3) is 2.95. The van der Waals surface area contributed by atoms with E-state index in [0.717, 1.165) is 29.4 Å². The maximum atomic E-state index is 11.6. The van der Waals surface area contributed by atoms with E-state index in [2.05, 4.69) is 22.4 Å².